The highest BCUT2D eigenvalue weighted by Crippen LogP contribution is 2.35. The average molecular weight is 242 g/mol. The molecule has 0 fully saturated rings. The van der Waals surface area contributed by atoms with E-state index in [4.69, 9.17) is 0 Å². The first-order valence-electron chi connectivity index (χ1n) is 5.94. The topological polar surface area (TPSA) is 60.7 Å². The van der Waals surface area contributed by atoms with E-state index >= 15 is 0 Å². The van der Waals surface area contributed by atoms with Gasteiger partial charge in [0.15, 0.2) is 5.78 Å². The van der Waals surface area contributed by atoms with Crippen molar-refractivity contribution in [1.29, 1.82) is 0 Å². The number of hydrogen-bond donors (Lipinski definition) is 0. The fourth-order valence-corrected chi connectivity index (χ4v) is 2.48. The number of carbonyl (C=O) groups is 1. The van der Waals surface area contributed by atoms with Gasteiger partial charge in [-0.25, -0.2) is 4.98 Å². The lowest BCUT2D eigenvalue weighted by atomic mass is 9.76. The maximum absolute atomic E-state index is 12.1. The van der Waals surface area contributed by atoms with Gasteiger partial charge in [0.05, 0.1) is 12.4 Å². The molecule has 2 heterocycles. The number of fused-ring (bicyclic) bond motifs is 1. The van der Waals surface area contributed by atoms with E-state index in [1.165, 1.54) is 6.20 Å². The van der Waals surface area contributed by atoms with E-state index in [0.717, 1.165) is 17.7 Å². The second-order valence-corrected chi connectivity index (χ2v) is 5.43. The van der Waals surface area contributed by atoms with Crippen molar-refractivity contribution in [3.05, 3.63) is 35.9 Å². The highest BCUT2D eigenvalue weighted by atomic mass is 16.1. The van der Waals surface area contributed by atoms with Crippen molar-refractivity contribution < 1.29 is 4.79 Å². The second kappa shape index (κ2) is 3.73. The number of rotatable bonds is 1. The molecule has 0 aromatic carbocycles. The van der Waals surface area contributed by atoms with Gasteiger partial charge in [0.25, 0.3) is 5.95 Å². The Bertz CT molecular complexity index is 601. The summed E-state index contributed by atoms with van der Waals surface area (Å²) in [6.45, 7) is 4.21. The normalized spacial score (nSPS) is 17.6. The van der Waals surface area contributed by atoms with Gasteiger partial charge in [0, 0.05) is 23.9 Å². The molecule has 0 spiro atoms. The molecule has 0 bridgehead atoms. The van der Waals surface area contributed by atoms with Gasteiger partial charge in [0.2, 0.25) is 0 Å². The van der Waals surface area contributed by atoms with Gasteiger partial charge in [0.1, 0.15) is 0 Å². The Morgan fingerprint density at radius 3 is 2.83 bits per heavy atom. The maximum atomic E-state index is 12.1. The molecule has 18 heavy (non-hydrogen) atoms. The molecule has 2 aromatic rings. The summed E-state index contributed by atoms with van der Waals surface area (Å²) in [6.07, 6.45) is 6.43. The monoisotopic (exact) mass is 242 g/mol. The first-order valence-corrected chi connectivity index (χ1v) is 5.94. The van der Waals surface area contributed by atoms with Crippen LogP contribution in [0.4, 0.5) is 0 Å². The van der Waals surface area contributed by atoms with Crippen LogP contribution in [0, 0.1) is 5.41 Å². The van der Waals surface area contributed by atoms with E-state index in [0.29, 0.717) is 12.4 Å². The number of aromatic nitrogens is 4. The number of carbonyl (C=O) groups excluding carboxylic acids is 1. The minimum Gasteiger partial charge on any atom is -0.294 e. The zero-order valence-corrected chi connectivity index (χ0v) is 10.4. The number of ketones is 1. The summed E-state index contributed by atoms with van der Waals surface area (Å²) >= 11 is 0. The van der Waals surface area contributed by atoms with E-state index in [1.807, 2.05) is 16.8 Å². The first kappa shape index (κ1) is 11.1. The molecule has 0 aliphatic heterocycles. The molecule has 0 radical (unpaired) electrons. The van der Waals surface area contributed by atoms with Crippen LogP contribution >= 0.6 is 0 Å². The second-order valence-electron chi connectivity index (χ2n) is 5.43. The molecule has 0 saturated carbocycles. The van der Waals surface area contributed by atoms with Crippen LogP contribution in [0.3, 0.4) is 0 Å². The molecule has 92 valence electrons. The molecule has 0 saturated heterocycles. The van der Waals surface area contributed by atoms with Crippen LogP contribution in [0.1, 0.15) is 36.3 Å². The van der Waals surface area contributed by atoms with Crippen LogP contribution in [0.5, 0.6) is 0 Å². The molecular weight excluding hydrogens is 228 g/mol. The lowest BCUT2D eigenvalue weighted by molar-refractivity contribution is 0.0911. The van der Waals surface area contributed by atoms with Gasteiger partial charge < -0.3 is 0 Å². The fraction of sp³-hybridized carbons (Fsp3) is 0.385. The van der Waals surface area contributed by atoms with E-state index < -0.39 is 0 Å². The Kier molecular flexibility index (Phi) is 2.29. The lowest BCUT2D eigenvalue weighted by Crippen LogP contribution is -2.28. The quantitative estimate of drug-likeness (QED) is 0.765. The summed E-state index contributed by atoms with van der Waals surface area (Å²) in [5, 5.41) is 7.82. The van der Waals surface area contributed by atoms with Crippen molar-refractivity contribution in [3.63, 3.8) is 0 Å². The summed E-state index contributed by atoms with van der Waals surface area (Å²) < 4.78 is 1.86. The van der Waals surface area contributed by atoms with E-state index in [9.17, 15) is 4.79 Å². The molecule has 2 aromatic heterocycles. The van der Waals surface area contributed by atoms with Crippen LogP contribution in [0.15, 0.2) is 24.7 Å². The Morgan fingerprint density at radius 2 is 2.11 bits per heavy atom. The highest BCUT2D eigenvalue weighted by Gasteiger charge is 2.33. The summed E-state index contributed by atoms with van der Waals surface area (Å²) in [7, 11) is 0. The number of Topliss-reactive ketones (excluding diaryl/α,β-unsaturated/α-hetero) is 1. The molecule has 0 amide bonds. The minimum absolute atomic E-state index is 0.0115. The van der Waals surface area contributed by atoms with Crippen LogP contribution < -0.4 is 0 Å². The van der Waals surface area contributed by atoms with Gasteiger partial charge in [-0.15, -0.1) is 5.10 Å². The van der Waals surface area contributed by atoms with E-state index in [2.05, 4.69) is 29.0 Å². The van der Waals surface area contributed by atoms with Crippen LogP contribution in [-0.2, 0) is 6.42 Å². The molecule has 1 aliphatic carbocycles. The zero-order valence-electron chi connectivity index (χ0n) is 10.4. The van der Waals surface area contributed by atoms with Crippen molar-refractivity contribution in [2.24, 2.45) is 5.41 Å². The van der Waals surface area contributed by atoms with Crippen LogP contribution in [0.2, 0.25) is 0 Å². The van der Waals surface area contributed by atoms with Crippen molar-refractivity contribution >= 4 is 5.78 Å². The molecule has 5 heteroatoms. The molecule has 1 aliphatic rings. The highest BCUT2D eigenvalue weighted by molar-refractivity contribution is 5.98. The summed E-state index contributed by atoms with van der Waals surface area (Å²) in [6, 6.07) is 1.85. The smallest absolute Gasteiger partial charge is 0.253 e. The predicted molar refractivity (Wildman–Crippen MR) is 65.6 cm³/mol. The molecule has 3 rings (SSSR count). The maximum Gasteiger partial charge on any atom is 0.253 e. The number of nitrogens with zero attached hydrogens (tertiary/aromatic N) is 4. The van der Waals surface area contributed by atoms with Gasteiger partial charge >= 0.3 is 0 Å². The third-order valence-electron chi connectivity index (χ3n) is 3.26. The van der Waals surface area contributed by atoms with Crippen molar-refractivity contribution in [1.82, 2.24) is 19.7 Å². The number of hydrogen-bond acceptors (Lipinski definition) is 4. The first-order chi connectivity index (χ1) is 8.57. The Hall–Kier alpha value is -2.04. The van der Waals surface area contributed by atoms with Gasteiger partial charge in [-0.3, -0.25) is 9.36 Å². The van der Waals surface area contributed by atoms with Gasteiger partial charge in [-0.1, -0.05) is 13.8 Å². The lowest BCUT2D eigenvalue weighted by Gasteiger charge is -2.29. The molecule has 5 nitrogen and oxygen atoms in total. The largest absolute Gasteiger partial charge is 0.294 e. The van der Waals surface area contributed by atoms with E-state index in [-0.39, 0.29) is 11.2 Å². The molecule has 0 N–H and O–H groups in total. The fourth-order valence-electron chi connectivity index (χ4n) is 2.48. The van der Waals surface area contributed by atoms with Crippen molar-refractivity contribution in [2.45, 2.75) is 26.7 Å². The van der Waals surface area contributed by atoms with Crippen LogP contribution in [-0.4, -0.2) is 25.5 Å². The van der Waals surface area contributed by atoms with Crippen molar-refractivity contribution in [3.8, 4) is 5.95 Å². The van der Waals surface area contributed by atoms with Crippen molar-refractivity contribution in [2.75, 3.05) is 0 Å². The van der Waals surface area contributed by atoms with Crippen LogP contribution in [0.25, 0.3) is 5.95 Å². The average Bonchev–Trinajstić information content (AvgIpc) is 2.72. The van der Waals surface area contributed by atoms with Gasteiger partial charge in [-0.05, 0) is 17.9 Å². The zero-order chi connectivity index (χ0) is 12.8. The molecular formula is C13H14N4O. The minimum atomic E-state index is -0.0115. The predicted octanol–water partition coefficient (Wildman–Crippen LogP) is 1.82. The summed E-state index contributed by atoms with van der Waals surface area (Å²) in [4.78, 5) is 16.3. The third kappa shape index (κ3) is 1.72. The van der Waals surface area contributed by atoms with E-state index in [1.54, 1.807) is 6.20 Å². The Morgan fingerprint density at radius 1 is 1.28 bits per heavy atom. The molecule has 0 atom stereocenters. The third-order valence-corrected chi connectivity index (χ3v) is 3.26. The summed E-state index contributed by atoms with van der Waals surface area (Å²) in [5.41, 5.74) is 1.77. The van der Waals surface area contributed by atoms with Gasteiger partial charge in [-0.2, -0.15) is 5.10 Å². The molecule has 0 unspecified atom stereocenters. The Balaban J connectivity index is 2.13. The SMILES string of the molecule is CC1(C)CC(=O)c2ccn(-c3nccnn3)c2C1. The summed E-state index contributed by atoms with van der Waals surface area (Å²) in [5.74, 6) is 0.716. The Labute approximate surface area is 105 Å². The standard InChI is InChI=1S/C13H14N4O/c1-13(2)7-10-9(11(18)8-13)3-6-17(10)12-14-4-5-15-16-12/h3-6H,7-8H2,1-2H3.